The van der Waals surface area contributed by atoms with Crippen LogP contribution in [0.25, 0.3) is 0 Å². The van der Waals surface area contributed by atoms with Gasteiger partial charge in [-0.15, -0.1) is 11.3 Å². The maximum absolute atomic E-state index is 6.24. The average molecular weight is 373 g/mol. The standard InChI is InChI=1S/C17H29BrN2S/c1-13(2)7-14-5-4-6-17(9-14,12-19)20(3)10-16-8-15(18)11-21-16/h8,11,13-14H,4-7,9-10,12,19H2,1-3H3. The summed E-state index contributed by atoms with van der Waals surface area (Å²) in [5, 5.41) is 2.17. The molecule has 2 rings (SSSR count). The van der Waals surface area contributed by atoms with E-state index >= 15 is 0 Å². The van der Waals surface area contributed by atoms with Crippen LogP contribution in [0.3, 0.4) is 0 Å². The fourth-order valence-electron chi connectivity index (χ4n) is 3.86. The van der Waals surface area contributed by atoms with Gasteiger partial charge in [-0.05, 0) is 60.1 Å². The zero-order valence-corrected chi connectivity index (χ0v) is 16.0. The van der Waals surface area contributed by atoms with Gasteiger partial charge in [0.2, 0.25) is 0 Å². The smallest absolute Gasteiger partial charge is 0.0335 e. The first-order valence-electron chi connectivity index (χ1n) is 8.09. The molecule has 0 bridgehead atoms. The highest BCUT2D eigenvalue weighted by atomic mass is 79.9. The van der Waals surface area contributed by atoms with Crippen LogP contribution in [-0.4, -0.2) is 24.0 Å². The third kappa shape index (κ3) is 4.54. The van der Waals surface area contributed by atoms with Crippen molar-refractivity contribution in [2.45, 2.75) is 58.0 Å². The minimum Gasteiger partial charge on any atom is -0.329 e. The number of thiophene rings is 1. The third-order valence-electron chi connectivity index (χ3n) is 4.93. The molecule has 1 fully saturated rings. The summed E-state index contributed by atoms with van der Waals surface area (Å²) in [4.78, 5) is 3.95. The number of rotatable bonds is 6. The van der Waals surface area contributed by atoms with Gasteiger partial charge in [-0.2, -0.15) is 0 Å². The molecule has 0 saturated heterocycles. The molecule has 1 aromatic rings. The van der Waals surface area contributed by atoms with Crippen LogP contribution in [0, 0.1) is 11.8 Å². The molecule has 1 aromatic heterocycles. The highest BCUT2D eigenvalue weighted by Crippen LogP contribution is 2.39. The third-order valence-corrected chi connectivity index (χ3v) is 6.61. The van der Waals surface area contributed by atoms with E-state index in [0.717, 1.165) is 24.9 Å². The SMILES string of the molecule is CC(C)CC1CCCC(CN)(N(C)Cc2cc(Br)cs2)C1. The van der Waals surface area contributed by atoms with Crippen LogP contribution in [0.1, 0.15) is 50.8 Å². The van der Waals surface area contributed by atoms with Crippen LogP contribution in [0.15, 0.2) is 15.9 Å². The molecule has 0 spiro atoms. The van der Waals surface area contributed by atoms with E-state index in [9.17, 15) is 0 Å². The second-order valence-electron chi connectivity index (χ2n) is 7.11. The molecule has 0 amide bonds. The predicted octanol–water partition coefficient (Wildman–Crippen LogP) is 4.88. The van der Waals surface area contributed by atoms with Crippen LogP contribution in [0.2, 0.25) is 0 Å². The minimum atomic E-state index is 0.203. The van der Waals surface area contributed by atoms with Gasteiger partial charge in [-0.25, -0.2) is 0 Å². The molecule has 0 radical (unpaired) electrons. The van der Waals surface area contributed by atoms with Gasteiger partial charge in [0, 0.05) is 33.4 Å². The molecule has 2 nitrogen and oxygen atoms in total. The molecule has 2 N–H and O–H groups in total. The summed E-state index contributed by atoms with van der Waals surface area (Å²) in [6.07, 6.45) is 6.58. The molecule has 0 aliphatic heterocycles. The van der Waals surface area contributed by atoms with Crippen molar-refractivity contribution in [1.29, 1.82) is 0 Å². The Hall–Kier alpha value is 0.1000. The zero-order chi connectivity index (χ0) is 15.5. The van der Waals surface area contributed by atoms with E-state index in [2.05, 4.69) is 53.2 Å². The number of nitrogens with zero attached hydrogens (tertiary/aromatic N) is 1. The van der Waals surface area contributed by atoms with Crippen LogP contribution in [0.4, 0.5) is 0 Å². The molecule has 4 heteroatoms. The Balaban J connectivity index is 2.04. The number of likely N-dealkylation sites (N-methyl/N-ethyl adjacent to an activating group) is 1. The Morgan fingerprint density at radius 3 is 2.86 bits per heavy atom. The number of hydrogen-bond donors (Lipinski definition) is 1. The first-order valence-corrected chi connectivity index (χ1v) is 9.76. The second-order valence-corrected chi connectivity index (χ2v) is 9.02. The van der Waals surface area contributed by atoms with Crippen molar-refractivity contribution in [2.24, 2.45) is 17.6 Å². The number of halogens is 1. The highest BCUT2D eigenvalue weighted by Gasteiger charge is 2.38. The fraction of sp³-hybridized carbons (Fsp3) is 0.765. The van der Waals surface area contributed by atoms with Crippen LogP contribution in [-0.2, 0) is 6.54 Å². The van der Waals surface area contributed by atoms with Gasteiger partial charge in [0.05, 0.1) is 0 Å². The normalized spacial score (nSPS) is 26.7. The molecule has 2 unspecified atom stereocenters. The van der Waals surface area contributed by atoms with E-state index in [1.54, 1.807) is 0 Å². The molecule has 120 valence electrons. The van der Waals surface area contributed by atoms with Crippen molar-refractivity contribution in [1.82, 2.24) is 4.90 Å². The summed E-state index contributed by atoms with van der Waals surface area (Å²) < 4.78 is 1.19. The topological polar surface area (TPSA) is 29.3 Å². The summed E-state index contributed by atoms with van der Waals surface area (Å²) in [6, 6.07) is 2.24. The summed E-state index contributed by atoms with van der Waals surface area (Å²) in [5.74, 6) is 1.64. The molecule has 1 aliphatic rings. The van der Waals surface area contributed by atoms with E-state index in [1.807, 2.05) is 11.3 Å². The van der Waals surface area contributed by atoms with E-state index < -0.39 is 0 Å². The van der Waals surface area contributed by atoms with Crippen molar-refractivity contribution >= 4 is 27.3 Å². The molecule has 1 aliphatic carbocycles. The minimum absolute atomic E-state index is 0.203. The molecule has 0 aromatic carbocycles. The zero-order valence-electron chi connectivity index (χ0n) is 13.6. The van der Waals surface area contributed by atoms with Gasteiger partial charge < -0.3 is 5.73 Å². The van der Waals surface area contributed by atoms with Crippen molar-refractivity contribution in [3.8, 4) is 0 Å². The Morgan fingerprint density at radius 1 is 1.52 bits per heavy atom. The lowest BCUT2D eigenvalue weighted by atomic mass is 9.72. The van der Waals surface area contributed by atoms with Crippen LogP contribution < -0.4 is 5.73 Å². The first-order chi connectivity index (χ1) is 9.95. The van der Waals surface area contributed by atoms with Gasteiger partial charge in [0.25, 0.3) is 0 Å². The molecular formula is C17H29BrN2S. The van der Waals surface area contributed by atoms with Gasteiger partial charge >= 0.3 is 0 Å². The van der Waals surface area contributed by atoms with Crippen LogP contribution >= 0.6 is 27.3 Å². The maximum Gasteiger partial charge on any atom is 0.0335 e. The Kier molecular flexibility index (Phi) is 6.30. The Bertz CT molecular complexity index is 446. The van der Waals surface area contributed by atoms with Gasteiger partial charge in [-0.3, -0.25) is 4.90 Å². The van der Waals surface area contributed by atoms with Crippen molar-refractivity contribution in [3.05, 3.63) is 20.8 Å². The van der Waals surface area contributed by atoms with Crippen molar-refractivity contribution in [2.75, 3.05) is 13.6 Å². The maximum atomic E-state index is 6.24. The van der Waals surface area contributed by atoms with Crippen LogP contribution in [0.5, 0.6) is 0 Å². The molecule has 21 heavy (non-hydrogen) atoms. The fourth-order valence-corrected chi connectivity index (χ4v) is 5.36. The molecule has 1 saturated carbocycles. The van der Waals surface area contributed by atoms with Gasteiger partial charge in [0.1, 0.15) is 0 Å². The summed E-state index contributed by atoms with van der Waals surface area (Å²) in [6.45, 7) is 6.48. The molecular weight excluding hydrogens is 344 g/mol. The first kappa shape index (κ1) is 17.5. The summed E-state index contributed by atoms with van der Waals surface area (Å²) >= 11 is 5.39. The van der Waals surface area contributed by atoms with E-state index in [1.165, 1.54) is 41.5 Å². The number of nitrogens with two attached hydrogens (primary N) is 1. The summed E-state index contributed by atoms with van der Waals surface area (Å²) in [5.41, 5.74) is 6.45. The largest absolute Gasteiger partial charge is 0.329 e. The highest BCUT2D eigenvalue weighted by molar-refractivity contribution is 9.10. The molecule has 2 atom stereocenters. The van der Waals surface area contributed by atoms with E-state index in [0.29, 0.717) is 0 Å². The predicted molar refractivity (Wildman–Crippen MR) is 96.7 cm³/mol. The Morgan fingerprint density at radius 2 is 2.29 bits per heavy atom. The average Bonchev–Trinajstić information content (AvgIpc) is 2.83. The lowest BCUT2D eigenvalue weighted by Gasteiger charge is -2.47. The number of hydrogen-bond acceptors (Lipinski definition) is 3. The van der Waals surface area contributed by atoms with Gasteiger partial charge in [0.15, 0.2) is 0 Å². The Labute approximate surface area is 142 Å². The summed E-state index contributed by atoms with van der Waals surface area (Å²) in [7, 11) is 2.26. The molecule has 1 heterocycles. The van der Waals surface area contributed by atoms with E-state index in [-0.39, 0.29) is 5.54 Å². The van der Waals surface area contributed by atoms with Crippen molar-refractivity contribution < 1.29 is 0 Å². The lowest BCUT2D eigenvalue weighted by molar-refractivity contribution is 0.0469. The van der Waals surface area contributed by atoms with Crippen molar-refractivity contribution in [3.63, 3.8) is 0 Å². The second kappa shape index (κ2) is 7.58. The van der Waals surface area contributed by atoms with E-state index in [4.69, 9.17) is 5.73 Å². The monoisotopic (exact) mass is 372 g/mol. The quantitative estimate of drug-likeness (QED) is 0.770. The lowest BCUT2D eigenvalue weighted by Crippen LogP contribution is -2.54. The van der Waals surface area contributed by atoms with Gasteiger partial charge in [-0.1, -0.05) is 26.7 Å².